The van der Waals surface area contributed by atoms with E-state index in [0.29, 0.717) is 23.7 Å². The molecule has 0 fully saturated rings. The van der Waals surface area contributed by atoms with E-state index in [1.165, 1.54) is 0 Å². The van der Waals surface area contributed by atoms with Crippen LogP contribution in [0.2, 0.25) is 0 Å². The molecule has 0 aliphatic rings. The highest BCUT2D eigenvalue weighted by molar-refractivity contribution is 7.99. The van der Waals surface area contributed by atoms with Gasteiger partial charge in [-0.2, -0.15) is 11.8 Å². The van der Waals surface area contributed by atoms with Gasteiger partial charge in [0.25, 0.3) is 0 Å². The van der Waals surface area contributed by atoms with E-state index < -0.39 is 0 Å². The number of thioether (sulfide) groups is 1. The van der Waals surface area contributed by atoms with Crippen molar-refractivity contribution in [2.24, 2.45) is 0 Å². The fourth-order valence-corrected chi connectivity index (χ4v) is 1.72. The van der Waals surface area contributed by atoms with Crippen LogP contribution in [0.4, 0.5) is 0 Å². The summed E-state index contributed by atoms with van der Waals surface area (Å²) in [6.45, 7) is 2.72. The second-order valence-electron chi connectivity index (χ2n) is 3.07. The highest BCUT2D eigenvalue weighted by Crippen LogP contribution is 2.22. The smallest absolute Gasteiger partial charge is 0.153 e. The Morgan fingerprint density at radius 3 is 2.88 bits per heavy atom. The van der Waals surface area contributed by atoms with Crippen molar-refractivity contribution < 1.29 is 14.3 Å². The fraction of sp³-hybridized carbons (Fsp3) is 0.417. The largest absolute Gasteiger partial charge is 0.497 e. The van der Waals surface area contributed by atoms with Crippen molar-refractivity contribution in [3.8, 4) is 11.5 Å². The Hall–Kier alpha value is -1.16. The van der Waals surface area contributed by atoms with Crippen molar-refractivity contribution in [2.45, 2.75) is 6.92 Å². The molecule has 0 spiro atoms. The lowest BCUT2D eigenvalue weighted by Gasteiger charge is -2.09. The predicted molar refractivity (Wildman–Crippen MR) is 66.9 cm³/mol. The standard InChI is InChI=1S/C12H16O3S/c1-3-16-7-6-15-12-5-4-11(14-2)8-10(12)9-13/h4-5,8-9H,3,6-7H2,1-2H3. The average molecular weight is 240 g/mol. The molecule has 0 amide bonds. The third-order valence-electron chi connectivity index (χ3n) is 2.03. The summed E-state index contributed by atoms with van der Waals surface area (Å²) in [5.41, 5.74) is 0.529. The average Bonchev–Trinajstić information content (AvgIpc) is 2.34. The number of methoxy groups -OCH3 is 1. The summed E-state index contributed by atoms with van der Waals surface area (Å²) in [6.07, 6.45) is 0.783. The van der Waals surface area contributed by atoms with Gasteiger partial charge < -0.3 is 9.47 Å². The molecule has 88 valence electrons. The molecule has 4 heteroatoms. The van der Waals surface area contributed by atoms with E-state index in [1.54, 1.807) is 25.3 Å². The summed E-state index contributed by atoms with van der Waals surface area (Å²) in [5, 5.41) is 0. The van der Waals surface area contributed by atoms with Crippen LogP contribution in [0.5, 0.6) is 11.5 Å². The van der Waals surface area contributed by atoms with Crippen molar-refractivity contribution in [3.05, 3.63) is 23.8 Å². The quantitative estimate of drug-likeness (QED) is 0.542. The Kier molecular flexibility index (Phi) is 5.78. The summed E-state index contributed by atoms with van der Waals surface area (Å²) >= 11 is 1.81. The van der Waals surface area contributed by atoms with E-state index in [0.717, 1.165) is 17.8 Å². The molecular weight excluding hydrogens is 224 g/mol. The number of hydrogen-bond donors (Lipinski definition) is 0. The molecule has 0 unspecified atom stereocenters. The van der Waals surface area contributed by atoms with Crippen LogP contribution in [0.15, 0.2) is 18.2 Å². The molecular formula is C12H16O3S. The number of carbonyl (C=O) groups is 1. The van der Waals surface area contributed by atoms with Crippen molar-refractivity contribution >= 4 is 18.0 Å². The molecule has 16 heavy (non-hydrogen) atoms. The van der Waals surface area contributed by atoms with Gasteiger partial charge in [-0.1, -0.05) is 6.92 Å². The number of carbonyl (C=O) groups excluding carboxylic acids is 1. The monoisotopic (exact) mass is 240 g/mol. The maximum absolute atomic E-state index is 10.8. The van der Waals surface area contributed by atoms with Gasteiger partial charge in [-0.05, 0) is 24.0 Å². The van der Waals surface area contributed by atoms with Crippen LogP contribution >= 0.6 is 11.8 Å². The molecule has 0 aliphatic heterocycles. The molecule has 0 aliphatic carbocycles. The van der Waals surface area contributed by atoms with E-state index in [2.05, 4.69) is 6.92 Å². The Bertz CT molecular complexity index is 339. The zero-order valence-electron chi connectivity index (χ0n) is 9.56. The third-order valence-corrected chi connectivity index (χ3v) is 2.90. The molecule has 0 saturated heterocycles. The number of hydrogen-bond acceptors (Lipinski definition) is 4. The number of rotatable bonds is 7. The minimum atomic E-state index is 0.529. The Morgan fingerprint density at radius 1 is 1.44 bits per heavy atom. The van der Waals surface area contributed by atoms with E-state index >= 15 is 0 Å². The summed E-state index contributed by atoms with van der Waals surface area (Å²) in [7, 11) is 1.57. The van der Waals surface area contributed by atoms with Crippen LogP contribution in [-0.2, 0) is 0 Å². The van der Waals surface area contributed by atoms with Gasteiger partial charge in [0.1, 0.15) is 11.5 Å². The fourth-order valence-electron chi connectivity index (χ4n) is 1.23. The van der Waals surface area contributed by atoms with Crippen LogP contribution in [0.3, 0.4) is 0 Å². The van der Waals surface area contributed by atoms with Gasteiger partial charge in [0.15, 0.2) is 6.29 Å². The molecule has 1 aromatic carbocycles. The Balaban J connectivity index is 2.61. The summed E-state index contributed by atoms with van der Waals surface area (Å²) in [5.74, 6) is 3.29. The van der Waals surface area contributed by atoms with E-state index in [1.807, 2.05) is 11.8 Å². The van der Waals surface area contributed by atoms with E-state index in [4.69, 9.17) is 9.47 Å². The van der Waals surface area contributed by atoms with Gasteiger partial charge >= 0.3 is 0 Å². The SMILES string of the molecule is CCSCCOc1ccc(OC)cc1C=O. The number of aldehydes is 1. The van der Waals surface area contributed by atoms with Gasteiger partial charge in [0.05, 0.1) is 19.3 Å². The summed E-state index contributed by atoms with van der Waals surface area (Å²) in [4.78, 5) is 10.8. The van der Waals surface area contributed by atoms with Crippen molar-refractivity contribution in [1.29, 1.82) is 0 Å². The number of benzene rings is 1. The van der Waals surface area contributed by atoms with E-state index in [-0.39, 0.29) is 0 Å². The lowest BCUT2D eigenvalue weighted by atomic mass is 10.2. The molecule has 0 atom stereocenters. The van der Waals surface area contributed by atoms with Gasteiger partial charge in [-0.15, -0.1) is 0 Å². The zero-order valence-corrected chi connectivity index (χ0v) is 10.4. The van der Waals surface area contributed by atoms with Crippen molar-refractivity contribution in [3.63, 3.8) is 0 Å². The minimum Gasteiger partial charge on any atom is -0.497 e. The second-order valence-corrected chi connectivity index (χ2v) is 4.46. The van der Waals surface area contributed by atoms with Crippen LogP contribution in [0, 0.1) is 0 Å². The molecule has 1 aromatic rings. The summed E-state index contributed by atoms with van der Waals surface area (Å²) in [6, 6.07) is 5.23. The zero-order chi connectivity index (χ0) is 11.8. The third kappa shape index (κ3) is 3.77. The topological polar surface area (TPSA) is 35.5 Å². The predicted octanol–water partition coefficient (Wildman–Crippen LogP) is 2.64. The molecule has 0 N–H and O–H groups in total. The number of ether oxygens (including phenoxy) is 2. The molecule has 0 aromatic heterocycles. The maximum Gasteiger partial charge on any atom is 0.153 e. The first-order chi connectivity index (χ1) is 7.81. The maximum atomic E-state index is 10.8. The first-order valence-electron chi connectivity index (χ1n) is 5.15. The van der Waals surface area contributed by atoms with Crippen LogP contribution in [0.25, 0.3) is 0 Å². The lowest BCUT2D eigenvalue weighted by Crippen LogP contribution is -2.02. The molecule has 0 radical (unpaired) electrons. The van der Waals surface area contributed by atoms with Gasteiger partial charge in [0.2, 0.25) is 0 Å². The first-order valence-corrected chi connectivity index (χ1v) is 6.31. The van der Waals surface area contributed by atoms with Gasteiger partial charge in [-0.25, -0.2) is 0 Å². The van der Waals surface area contributed by atoms with Gasteiger partial charge in [0, 0.05) is 5.75 Å². The minimum absolute atomic E-state index is 0.529. The Labute approximate surface area is 100 Å². The second kappa shape index (κ2) is 7.17. The van der Waals surface area contributed by atoms with Crippen LogP contribution in [0.1, 0.15) is 17.3 Å². The summed E-state index contributed by atoms with van der Waals surface area (Å²) < 4.78 is 10.6. The Morgan fingerprint density at radius 2 is 2.25 bits per heavy atom. The highest BCUT2D eigenvalue weighted by atomic mass is 32.2. The van der Waals surface area contributed by atoms with Crippen LogP contribution < -0.4 is 9.47 Å². The molecule has 0 bridgehead atoms. The highest BCUT2D eigenvalue weighted by Gasteiger charge is 2.04. The van der Waals surface area contributed by atoms with Gasteiger partial charge in [-0.3, -0.25) is 4.79 Å². The van der Waals surface area contributed by atoms with E-state index in [9.17, 15) is 4.79 Å². The molecule has 0 heterocycles. The normalized spacial score (nSPS) is 9.88. The molecule has 3 nitrogen and oxygen atoms in total. The lowest BCUT2D eigenvalue weighted by molar-refractivity contribution is 0.111. The molecule has 0 saturated carbocycles. The van der Waals surface area contributed by atoms with Crippen molar-refractivity contribution in [1.82, 2.24) is 0 Å². The molecule has 1 rings (SSSR count). The van der Waals surface area contributed by atoms with Crippen LogP contribution in [-0.4, -0.2) is 31.5 Å². The van der Waals surface area contributed by atoms with Crippen molar-refractivity contribution in [2.75, 3.05) is 25.2 Å². The first kappa shape index (κ1) is 12.9.